The van der Waals surface area contributed by atoms with Crippen LogP contribution < -0.4 is 4.74 Å². The molecule has 0 aliphatic heterocycles. The maximum atomic E-state index is 14.4. The van der Waals surface area contributed by atoms with Crippen LogP contribution in [0.15, 0.2) is 72.8 Å². The third kappa shape index (κ3) is 4.81. The van der Waals surface area contributed by atoms with E-state index < -0.39 is 5.97 Å². The van der Waals surface area contributed by atoms with Crippen molar-refractivity contribution in [3.8, 4) is 22.6 Å². The minimum absolute atomic E-state index is 0.119. The largest absolute Gasteiger partial charge is 0.481 e. The monoisotopic (exact) mass is 392 g/mol. The molecule has 0 bridgehead atoms. The van der Waals surface area contributed by atoms with Crippen LogP contribution in [0, 0.1) is 17.7 Å². The third-order valence-electron chi connectivity index (χ3n) is 5.02. The number of hydrogen-bond donors (Lipinski definition) is 1. The summed E-state index contributed by atoms with van der Waals surface area (Å²) >= 11 is 0. The number of rotatable bonds is 8. The lowest BCUT2D eigenvalue weighted by atomic mass is 10.0. The molecule has 1 fully saturated rings. The quantitative estimate of drug-likeness (QED) is 0.548. The van der Waals surface area contributed by atoms with Gasteiger partial charge in [-0.3, -0.25) is 4.79 Å². The maximum absolute atomic E-state index is 14.4. The first-order valence-corrected chi connectivity index (χ1v) is 9.52. The summed E-state index contributed by atoms with van der Waals surface area (Å²) in [5, 5.41) is 8.91. The van der Waals surface area contributed by atoms with Crippen molar-refractivity contribution < 1.29 is 23.8 Å². The van der Waals surface area contributed by atoms with Crippen LogP contribution in [-0.4, -0.2) is 17.7 Å². The van der Waals surface area contributed by atoms with E-state index in [9.17, 15) is 9.18 Å². The molecule has 0 radical (unpaired) electrons. The second-order valence-electron chi connectivity index (χ2n) is 7.21. The molecule has 0 spiro atoms. The zero-order chi connectivity index (χ0) is 20.2. The molecule has 2 unspecified atom stereocenters. The minimum atomic E-state index is -0.747. The van der Waals surface area contributed by atoms with Gasteiger partial charge in [0.15, 0.2) is 0 Å². The van der Waals surface area contributed by atoms with Crippen LogP contribution >= 0.6 is 0 Å². The second kappa shape index (κ2) is 8.45. The van der Waals surface area contributed by atoms with Crippen LogP contribution in [0.25, 0.3) is 11.1 Å². The van der Waals surface area contributed by atoms with Crippen molar-refractivity contribution in [2.24, 2.45) is 11.8 Å². The number of ether oxygens (including phenoxy) is 2. The third-order valence-corrected chi connectivity index (χ3v) is 5.02. The van der Waals surface area contributed by atoms with Gasteiger partial charge in [-0.15, -0.1) is 0 Å². The van der Waals surface area contributed by atoms with Crippen molar-refractivity contribution in [2.45, 2.75) is 13.0 Å². The summed E-state index contributed by atoms with van der Waals surface area (Å²) in [5.74, 6) is 0.0565. The molecule has 4 nitrogen and oxygen atoms in total. The highest BCUT2D eigenvalue weighted by molar-refractivity contribution is 5.73. The standard InChI is InChI=1S/C24H21FO4/c25-23-11-10-20(29-19-4-2-1-3-5-19)13-21(23)17-8-6-16(7-9-17)14-28-15-18-12-22(18)24(26)27/h1-11,13,18,22H,12,14-15H2,(H,26,27). The Bertz CT molecular complexity index is 986. The molecule has 1 saturated carbocycles. The summed E-state index contributed by atoms with van der Waals surface area (Å²) in [6.45, 7) is 0.856. The number of carboxylic acid groups (broad SMARTS) is 1. The highest BCUT2D eigenvalue weighted by Gasteiger charge is 2.43. The average Bonchev–Trinajstić information content (AvgIpc) is 3.51. The normalized spacial score (nSPS) is 17.7. The summed E-state index contributed by atoms with van der Waals surface area (Å²) < 4.78 is 25.8. The lowest BCUT2D eigenvalue weighted by Crippen LogP contribution is -2.04. The lowest BCUT2D eigenvalue weighted by molar-refractivity contribution is -0.139. The average molecular weight is 392 g/mol. The summed E-state index contributed by atoms with van der Waals surface area (Å²) in [4.78, 5) is 10.8. The van der Waals surface area contributed by atoms with E-state index >= 15 is 0 Å². The van der Waals surface area contributed by atoms with E-state index in [0.717, 1.165) is 11.1 Å². The first-order valence-electron chi connectivity index (χ1n) is 9.52. The van der Waals surface area contributed by atoms with Gasteiger partial charge in [0.2, 0.25) is 0 Å². The molecule has 3 aromatic rings. The van der Waals surface area contributed by atoms with Gasteiger partial charge in [0.05, 0.1) is 19.1 Å². The molecule has 0 heterocycles. The Kier molecular flexibility index (Phi) is 5.58. The van der Waals surface area contributed by atoms with Gasteiger partial charge in [-0.25, -0.2) is 4.39 Å². The molecule has 2 atom stereocenters. The van der Waals surface area contributed by atoms with Gasteiger partial charge < -0.3 is 14.6 Å². The Morgan fingerprint density at radius 2 is 1.76 bits per heavy atom. The van der Waals surface area contributed by atoms with Crippen LogP contribution in [0.3, 0.4) is 0 Å². The summed E-state index contributed by atoms with van der Waals surface area (Å²) in [5.41, 5.74) is 2.17. The van der Waals surface area contributed by atoms with Gasteiger partial charge in [-0.05, 0) is 53.8 Å². The summed E-state index contributed by atoms with van der Waals surface area (Å²) in [7, 11) is 0. The van der Waals surface area contributed by atoms with E-state index in [-0.39, 0.29) is 17.7 Å². The number of halogens is 1. The Hall–Kier alpha value is -3.18. The van der Waals surface area contributed by atoms with E-state index in [2.05, 4.69) is 0 Å². The zero-order valence-corrected chi connectivity index (χ0v) is 15.8. The van der Waals surface area contributed by atoms with E-state index in [1.54, 1.807) is 12.1 Å². The van der Waals surface area contributed by atoms with Gasteiger partial charge >= 0.3 is 5.97 Å². The zero-order valence-electron chi connectivity index (χ0n) is 15.8. The molecular weight excluding hydrogens is 371 g/mol. The number of hydrogen-bond acceptors (Lipinski definition) is 3. The fourth-order valence-corrected chi connectivity index (χ4v) is 3.26. The molecule has 1 aliphatic carbocycles. The van der Waals surface area contributed by atoms with Crippen molar-refractivity contribution in [3.63, 3.8) is 0 Å². The number of para-hydroxylation sites is 1. The summed E-state index contributed by atoms with van der Waals surface area (Å²) in [6, 6.07) is 21.5. The van der Waals surface area contributed by atoms with Gasteiger partial charge in [0, 0.05) is 5.56 Å². The highest BCUT2D eigenvalue weighted by Crippen LogP contribution is 2.38. The maximum Gasteiger partial charge on any atom is 0.306 e. The highest BCUT2D eigenvalue weighted by atomic mass is 19.1. The predicted octanol–water partition coefficient (Wildman–Crippen LogP) is 5.52. The van der Waals surface area contributed by atoms with Crippen LogP contribution in [0.1, 0.15) is 12.0 Å². The fourth-order valence-electron chi connectivity index (χ4n) is 3.26. The van der Waals surface area contributed by atoms with Crippen molar-refractivity contribution in [1.29, 1.82) is 0 Å². The Labute approximate surface area is 168 Å². The van der Waals surface area contributed by atoms with Crippen molar-refractivity contribution in [3.05, 3.63) is 84.2 Å². The second-order valence-corrected chi connectivity index (χ2v) is 7.21. The number of benzene rings is 3. The molecule has 148 valence electrons. The molecule has 0 aromatic heterocycles. The molecule has 0 amide bonds. The molecule has 1 aliphatic rings. The van der Waals surface area contributed by atoms with E-state index in [4.69, 9.17) is 14.6 Å². The number of carboxylic acids is 1. The topological polar surface area (TPSA) is 55.8 Å². The molecule has 1 N–H and O–H groups in total. The van der Waals surface area contributed by atoms with Gasteiger partial charge in [-0.2, -0.15) is 0 Å². The molecule has 29 heavy (non-hydrogen) atoms. The van der Waals surface area contributed by atoms with Crippen molar-refractivity contribution in [1.82, 2.24) is 0 Å². The first-order chi connectivity index (χ1) is 14.1. The van der Waals surface area contributed by atoms with Crippen molar-refractivity contribution >= 4 is 5.97 Å². The lowest BCUT2D eigenvalue weighted by Gasteiger charge is -2.10. The van der Waals surface area contributed by atoms with Crippen LogP contribution in [-0.2, 0) is 16.1 Å². The molecular formula is C24H21FO4. The Morgan fingerprint density at radius 1 is 1.00 bits per heavy atom. The number of carbonyl (C=O) groups is 1. The SMILES string of the molecule is O=C(O)C1CC1COCc1ccc(-c2cc(Oc3ccccc3)ccc2F)cc1. The van der Waals surface area contributed by atoms with E-state index in [1.165, 1.54) is 6.07 Å². The van der Waals surface area contributed by atoms with Crippen molar-refractivity contribution in [2.75, 3.05) is 6.61 Å². The Morgan fingerprint density at radius 3 is 2.45 bits per heavy atom. The van der Waals surface area contributed by atoms with Gasteiger partial charge in [-0.1, -0.05) is 42.5 Å². The van der Waals surface area contributed by atoms with E-state index in [0.29, 0.717) is 36.7 Å². The minimum Gasteiger partial charge on any atom is -0.481 e. The molecule has 3 aromatic carbocycles. The molecule has 0 saturated heterocycles. The Balaban J connectivity index is 1.39. The molecule has 5 heteroatoms. The van der Waals surface area contributed by atoms with Gasteiger partial charge in [0.25, 0.3) is 0 Å². The smallest absolute Gasteiger partial charge is 0.306 e. The summed E-state index contributed by atoms with van der Waals surface area (Å²) in [6.07, 6.45) is 0.689. The first kappa shape index (κ1) is 19.2. The van der Waals surface area contributed by atoms with Crippen LogP contribution in [0.2, 0.25) is 0 Å². The number of aliphatic carboxylic acids is 1. The van der Waals surface area contributed by atoms with Crippen LogP contribution in [0.4, 0.5) is 4.39 Å². The fraction of sp³-hybridized carbons (Fsp3) is 0.208. The van der Waals surface area contributed by atoms with E-state index in [1.807, 2.05) is 54.6 Å². The van der Waals surface area contributed by atoms with Gasteiger partial charge in [0.1, 0.15) is 17.3 Å². The van der Waals surface area contributed by atoms with Crippen LogP contribution in [0.5, 0.6) is 11.5 Å². The molecule has 4 rings (SSSR count). The predicted molar refractivity (Wildman–Crippen MR) is 107 cm³/mol.